The Kier molecular flexibility index (Phi) is 4.13. The predicted molar refractivity (Wildman–Crippen MR) is 52.8 cm³/mol. The minimum absolute atomic E-state index is 0.138. The molecule has 1 rings (SSSR count). The van der Waals surface area contributed by atoms with E-state index in [0.717, 1.165) is 5.56 Å². The summed E-state index contributed by atoms with van der Waals surface area (Å²) in [5.74, 6) is -0.308. The van der Waals surface area contributed by atoms with Gasteiger partial charge in [-0.1, -0.05) is 30.3 Å². The van der Waals surface area contributed by atoms with Gasteiger partial charge in [0.2, 0.25) is 0 Å². The molecule has 76 valence electrons. The maximum Gasteiger partial charge on any atom is 0.310 e. The van der Waals surface area contributed by atoms with Crippen molar-refractivity contribution in [2.24, 2.45) is 0 Å². The summed E-state index contributed by atoms with van der Waals surface area (Å²) in [6.45, 7) is 1.52. The van der Waals surface area contributed by atoms with Gasteiger partial charge >= 0.3 is 5.97 Å². The molecule has 0 aliphatic rings. The van der Waals surface area contributed by atoms with Crippen LogP contribution in [0.2, 0.25) is 0 Å². The Bertz CT molecular complexity index is 282. The Balaban J connectivity index is 2.42. The second kappa shape index (κ2) is 5.40. The van der Waals surface area contributed by atoms with Gasteiger partial charge in [-0.15, -0.1) is 0 Å². The van der Waals surface area contributed by atoms with E-state index < -0.39 is 6.10 Å². The van der Waals surface area contributed by atoms with Crippen molar-refractivity contribution in [1.29, 1.82) is 0 Å². The van der Waals surface area contributed by atoms with Gasteiger partial charge in [-0.3, -0.25) is 4.79 Å². The lowest BCUT2D eigenvalue weighted by molar-refractivity contribution is -0.149. The number of aliphatic hydroxyl groups excluding tert-OH is 1. The second-order valence-corrected chi connectivity index (χ2v) is 3.15. The van der Waals surface area contributed by atoms with Crippen LogP contribution in [0.1, 0.15) is 12.5 Å². The monoisotopic (exact) mass is 194 g/mol. The molecule has 0 aliphatic heterocycles. The first-order valence-corrected chi connectivity index (χ1v) is 4.56. The van der Waals surface area contributed by atoms with Gasteiger partial charge in [-0.25, -0.2) is 0 Å². The maximum absolute atomic E-state index is 11.2. The molecule has 0 fully saturated rings. The van der Waals surface area contributed by atoms with Crippen molar-refractivity contribution in [3.63, 3.8) is 0 Å². The smallest absolute Gasteiger partial charge is 0.310 e. The third kappa shape index (κ3) is 3.58. The van der Waals surface area contributed by atoms with Gasteiger partial charge in [0, 0.05) is 0 Å². The summed E-state index contributed by atoms with van der Waals surface area (Å²) in [5.41, 5.74) is 0.919. The highest BCUT2D eigenvalue weighted by Gasteiger charge is 2.08. The van der Waals surface area contributed by atoms with Crippen LogP contribution in [0.4, 0.5) is 0 Å². The molecule has 0 bridgehead atoms. The Morgan fingerprint density at radius 3 is 2.64 bits per heavy atom. The van der Waals surface area contributed by atoms with Crippen molar-refractivity contribution in [2.75, 3.05) is 6.61 Å². The summed E-state index contributed by atoms with van der Waals surface area (Å²) < 4.78 is 4.91. The van der Waals surface area contributed by atoms with Crippen molar-refractivity contribution < 1.29 is 14.6 Å². The zero-order valence-electron chi connectivity index (χ0n) is 8.14. The molecule has 0 amide bonds. The fraction of sp³-hybridized carbons (Fsp3) is 0.364. The lowest BCUT2D eigenvalue weighted by Crippen LogP contribution is -2.19. The lowest BCUT2D eigenvalue weighted by atomic mass is 10.2. The Morgan fingerprint density at radius 1 is 1.43 bits per heavy atom. The Labute approximate surface area is 83.3 Å². The highest BCUT2D eigenvalue weighted by atomic mass is 16.5. The van der Waals surface area contributed by atoms with E-state index in [1.807, 2.05) is 30.3 Å². The van der Waals surface area contributed by atoms with Crippen molar-refractivity contribution in [1.82, 2.24) is 0 Å². The molecular weight excluding hydrogens is 180 g/mol. The van der Waals surface area contributed by atoms with E-state index in [-0.39, 0.29) is 19.0 Å². The first-order chi connectivity index (χ1) is 6.72. The molecule has 14 heavy (non-hydrogen) atoms. The zero-order valence-corrected chi connectivity index (χ0v) is 8.14. The van der Waals surface area contributed by atoms with Gasteiger partial charge < -0.3 is 9.84 Å². The van der Waals surface area contributed by atoms with Crippen LogP contribution in [0.15, 0.2) is 30.3 Å². The molecule has 0 saturated carbocycles. The number of esters is 1. The summed E-state index contributed by atoms with van der Waals surface area (Å²) in [5, 5.41) is 8.67. The number of carbonyl (C=O) groups is 1. The SMILES string of the molecule is CC(CO)OC(=O)Cc1ccccc1. The Hall–Kier alpha value is -1.35. The quantitative estimate of drug-likeness (QED) is 0.731. The van der Waals surface area contributed by atoms with Crippen LogP contribution in [0, 0.1) is 0 Å². The first kappa shape index (κ1) is 10.7. The van der Waals surface area contributed by atoms with Gasteiger partial charge in [0.15, 0.2) is 0 Å². The summed E-state index contributed by atoms with van der Waals surface area (Å²) in [7, 11) is 0. The van der Waals surface area contributed by atoms with Gasteiger partial charge in [0.1, 0.15) is 6.10 Å². The zero-order chi connectivity index (χ0) is 10.4. The summed E-state index contributed by atoms with van der Waals surface area (Å²) in [6.07, 6.45) is -0.170. The molecular formula is C11H14O3. The minimum Gasteiger partial charge on any atom is -0.460 e. The minimum atomic E-state index is -0.425. The molecule has 0 radical (unpaired) electrons. The molecule has 1 N–H and O–H groups in total. The van der Waals surface area contributed by atoms with Crippen molar-refractivity contribution in [3.8, 4) is 0 Å². The number of hydrogen-bond donors (Lipinski definition) is 1. The van der Waals surface area contributed by atoms with Crippen LogP contribution in [0.25, 0.3) is 0 Å². The normalized spacial score (nSPS) is 12.1. The number of ether oxygens (including phenoxy) is 1. The largest absolute Gasteiger partial charge is 0.460 e. The van der Waals surface area contributed by atoms with Gasteiger partial charge in [-0.2, -0.15) is 0 Å². The fourth-order valence-corrected chi connectivity index (χ4v) is 1.07. The average molecular weight is 194 g/mol. The molecule has 1 aromatic carbocycles. The van der Waals surface area contributed by atoms with Crippen LogP contribution >= 0.6 is 0 Å². The summed E-state index contributed by atoms with van der Waals surface area (Å²) >= 11 is 0. The van der Waals surface area contributed by atoms with E-state index in [4.69, 9.17) is 9.84 Å². The summed E-state index contributed by atoms with van der Waals surface area (Å²) in [6, 6.07) is 9.37. The molecule has 3 heteroatoms. The number of benzene rings is 1. The highest BCUT2D eigenvalue weighted by Crippen LogP contribution is 2.02. The van der Waals surface area contributed by atoms with Gasteiger partial charge in [0.05, 0.1) is 13.0 Å². The molecule has 0 spiro atoms. The molecule has 1 atom stereocenters. The lowest BCUT2D eigenvalue weighted by Gasteiger charge is -2.09. The predicted octanol–water partition coefficient (Wildman–Crippen LogP) is 1.15. The van der Waals surface area contributed by atoms with Crippen LogP contribution in [-0.2, 0) is 16.0 Å². The van der Waals surface area contributed by atoms with Crippen LogP contribution < -0.4 is 0 Å². The molecule has 0 heterocycles. The molecule has 3 nitrogen and oxygen atoms in total. The average Bonchev–Trinajstić information content (AvgIpc) is 2.19. The van der Waals surface area contributed by atoms with Crippen LogP contribution in [0.3, 0.4) is 0 Å². The third-order valence-electron chi connectivity index (χ3n) is 1.78. The topological polar surface area (TPSA) is 46.5 Å². The van der Waals surface area contributed by atoms with Crippen molar-refractivity contribution in [2.45, 2.75) is 19.4 Å². The van der Waals surface area contributed by atoms with Crippen molar-refractivity contribution >= 4 is 5.97 Å². The number of rotatable bonds is 4. The van der Waals surface area contributed by atoms with Crippen LogP contribution in [-0.4, -0.2) is 23.8 Å². The first-order valence-electron chi connectivity index (χ1n) is 4.56. The van der Waals surface area contributed by atoms with E-state index in [1.165, 1.54) is 0 Å². The van der Waals surface area contributed by atoms with Crippen molar-refractivity contribution in [3.05, 3.63) is 35.9 Å². The van der Waals surface area contributed by atoms with E-state index in [1.54, 1.807) is 6.92 Å². The highest BCUT2D eigenvalue weighted by molar-refractivity contribution is 5.72. The number of hydrogen-bond acceptors (Lipinski definition) is 3. The van der Waals surface area contributed by atoms with Gasteiger partial charge in [-0.05, 0) is 12.5 Å². The van der Waals surface area contributed by atoms with E-state index in [9.17, 15) is 4.79 Å². The standard InChI is InChI=1S/C11H14O3/c1-9(8-12)14-11(13)7-10-5-3-2-4-6-10/h2-6,9,12H,7-8H2,1H3. The van der Waals surface area contributed by atoms with Gasteiger partial charge in [0.25, 0.3) is 0 Å². The number of aliphatic hydroxyl groups is 1. The maximum atomic E-state index is 11.2. The molecule has 1 aromatic rings. The van der Waals surface area contributed by atoms with E-state index in [0.29, 0.717) is 0 Å². The van der Waals surface area contributed by atoms with E-state index in [2.05, 4.69) is 0 Å². The fourth-order valence-electron chi connectivity index (χ4n) is 1.07. The summed E-state index contributed by atoms with van der Waals surface area (Å²) in [4.78, 5) is 11.2. The van der Waals surface area contributed by atoms with E-state index >= 15 is 0 Å². The molecule has 0 aromatic heterocycles. The Morgan fingerprint density at radius 2 is 2.07 bits per heavy atom. The number of carbonyl (C=O) groups excluding carboxylic acids is 1. The molecule has 1 unspecified atom stereocenters. The molecule has 0 aliphatic carbocycles. The third-order valence-corrected chi connectivity index (χ3v) is 1.78. The van der Waals surface area contributed by atoms with Crippen LogP contribution in [0.5, 0.6) is 0 Å². The second-order valence-electron chi connectivity index (χ2n) is 3.15. The molecule has 0 saturated heterocycles.